The molecule has 6 heteroatoms. The van der Waals surface area contributed by atoms with Crippen LogP contribution in [0, 0.1) is 0 Å². The van der Waals surface area contributed by atoms with Crippen molar-refractivity contribution in [3.63, 3.8) is 0 Å². The minimum atomic E-state index is -4.44. The predicted molar refractivity (Wildman–Crippen MR) is 56.2 cm³/mol. The first-order valence-corrected chi connectivity index (χ1v) is 5.52. The molecule has 0 unspecified atom stereocenters. The lowest BCUT2D eigenvalue weighted by Crippen LogP contribution is -2.36. The highest BCUT2D eigenvalue weighted by molar-refractivity contribution is 9.10. The number of rotatable bonds is 1. The molecule has 1 aliphatic rings. The molecular formula is C10H9BrF3NO. The van der Waals surface area contributed by atoms with Crippen LogP contribution in [0.1, 0.15) is 23.6 Å². The first kappa shape index (κ1) is 11.7. The molecule has 0 radical (unpaired) electrons. The van der Waals surface area contributed by atoms with Crippen molar-refractivity contribution >= 4 is 15.9 Å². The first-order valence-electron chi connectivity index (χ1n) is 4.73. The molecule has 1 aliphatic heterocycles. The summed E-state index contributed by atoms with van der Waals surface area (Å²) in [7, 11) is 0. The Kier molecular flexibility index (Phi) is 2.88. The number of phenolic OH excluding ortho intramolecular Hbond substituents is 1. The molecule has 2 rings (SSSR count). The third kappa shape index (κ3) is 1.91. The monoisotopic (exact) mass is 295 g/mol. The quantitative estimate of drug-likeness (QED) is 0.834. The molecule has 1 atom stereocenters. The van der Waals surface area contributed by atoms with E-state index in [1.807, 2.05) is 0 Å². The SMILES string of the molecule is Oc1c(Br)ccc(C(F)(F)F)c1[C@H]1CCN1. The van der Waals surface area contributed by atoms with Crippen molar-refractivity contribution in [2.24, 2.45) is 0 Å². The smallest absolute Gasteiger partial charge is 0.416 e. The van der Waals surface area contributed by atoms with Gasteiger partial charge in [-0.15, -0.1) is 0 Å². The fourth-order valence-electron chi connectivity index (χ4n) is 1.72. The Bertz CT molecular complexity index is 415. The zero-order valence-corrected chi connectivity index (χ0v) is 9.69. The van der Waals surface area contributed by atoms with E-state index in [1.54, 1.807) is 0 Å². The molecule has 1 fully saturated rings. The largest absolute Gasteiger partial charge is 0.506 e. The van der Waals surface area contributed by atoms with Crippen LogP contribution in [0.2, 0.25) is 0 Å². The van der Waals surface area contributed by atoms with E-state index < -0.39 is 17.8 Å². The molecule has 0 aliphatic carbocycles. The maximum atomic E-state index is 12.7. The second-order valence-electron chi connectivity index (χ2n) is 3.65. The molecule has 16 heavy (non-hydrogen) atoms. The van der Waals surface area contributed by atoms with Gasteiger partial charge in [0.15, 0.2) is 0 Å². The highest BCUT2D eigenvalue weighted by Gasteiger charge is 2.38. The molecule has 1 heterocycles. The van der Waals surface area contributed by atoms with Gasteiger partial charge in [-0.1, -0.05) is 0 Å². The van der Waals surface area contributed by atoms with E-state index >= 15 is 0 Å². The number of phenols is 1. The van der Waals surface area contributed by atoms with Gasteiger partial charge in [-0.3, -0.25) is 0 Å². The van der Waals surface area contributed by atoms with Gasteiger partial charge in [-0.05, 0) is 41.0 Å². The lowest BCUT2D eigenvalue weighted by molar-refractivity contribution is -0.138. The van der Waals surface area contributed by atoms with Crippen LogP contribution in [-0.2, 0) is 6.18 Å². The van der Waals surface area contributed by atoms with Crippen molar-refractivity contribution in [2.75, 3.05) is 6.54 Å². The molecule has 1 aromatic carbocycles. The van der Waals surface area contributed by atoms with Gasteiger partial charge in [0.2, 0.25) is 0 Å². The van der Waals surface area contributed by atoms with Crippen molar-refractivity contribution in [1.29, 1.82) is 0 Å². The minimum Gasteiger partial charge on any atom is -0.506 e. The molecular weight excluding hydrogens is 287 g/mol. The molecule has 1 aromatic rings. The summed E-state index contributed by atoms with van der Waals surface area (Å²) in [5.74, 6) is -0.327. The average molecular weight is 296 g/mol. The zero-order chi connectivity index (χ0) is 11.9. The number of nitrogens with one attached hydrogen (secondary N) is 1. The summed E-state index contributed by atoms with van der Waals surface area (Å²) < 4.78 is 38.5. The maximum Gasteiger partial charge on any atom is 0.416 e. The fourth-order valence-corrected chi connectivity index (χ4v) is 2.06. The van der Waals surface area contributed by atoms with Gasteiger partial charge in [0.05, 0.1) is 10.0 Å². The topological polar surface area (TPSA) is 32.3 Å². The lowest BCUT2D eigenvalue weighted by Gasteiger charge is -2.31. The van der Waals surface area contributed by atoms with Crippen LogP contribution >= 0.6 is 15.9 Å². The number of hydrogen-bond donors (Lipinski definition) is 2. The van der Waals surface area contributed by atoms with E-state index in [0.717, 1.165) is 6.07 Å². The first-order chi connectivity index (χ1) is 7.41. The maximum absolute atomic E-state index is 12.7. The molecule has 88 valence electrons. The Morgan fingerprint density at radius 2 is 2.00 bits per heavy atom. The van der Waals surface area contributed by atoms with Crippen LogP contribution in [0.3, 0.4) is 0 Å². The van der Waals surface area contributed by atoms with E-state index in [2.05, 4.69) is 21.2 Å². The highest BCUT2D eigenvalue weighted by Crippen LogP contribution is 2.44. The summed E-state index contributed by atoms with van der Waals surface area (Å²) in [5, 5.41) is 12.6. The number of aromatic hydroxyl groups is 1. The molecule has 2 nitrogen and oxygen atoms in total. The van der Waals surface area contributed by atoms with E-state index in [1.165, 1.54) is 6.07 Å². The molecule has 0 amide bonds. The van der Waals surface area contributed by atoms with E-state index in [0.29, 0.717) is 13.0 Å². The van der Waals surface area contributed by atoms with Crippen LogP contribution in [-0.4, -0.2) is 11.7 Å². The second-order valence-corrected chi connectivity index (χ2v) is 4.50. The van der Waals surface area contributed by atoms with Gasteiger partial charge in [0, 0.05) is 11.6 Å². The van der Waals surface area contributed by atoms with Crippen molar-refractivity contribution < 1.29 is 18.3 Å². The molecule has 0 spiro atoms. The van der Waals surface area contributed by atoms with E-state index in [-0.39, 0.29) is 15.8 Å². The average Bonchev–Trinajstić information content (AvgIpc) is 2.08. The predicted octanol–water partition coefficient (Wildman–Crippen LogP) is 3.21. The summed E-state index contributed by atoms with van der Waals surface area (Å²) in [6, 6.07) is 1.79. The van der Waals surface area contributed by atoms with Crippen molar-refractivity contribution in [3.8, 4) is 5.75 Å². The molecule has 0 bridgehead atoms. The number of halogens is 4. The Morgan fingerprint density at radius 3 is 2.44 bits per heavy atom. The van der Waals surface area contributed by atoms with Crippen LogP contribution in [0.5, 0.6) is 5.75 Å². The zero-order valence-electron chi connectivity index (χ0n) is 8.11. The van der Waals surface area contributed by atoms with Crippen molar-refractivity contribution in [1.82, 2.24) is 5.32 Å². The van der Waals surface area contributed by atoms with Crippen LogP contribution in [0.15, 0.2) is 16.6 Å². The third-order valence-electron chi connectivity index (χ3n) is 2.65. The molecule has 1 saturated heterocycles. The van der Waals surface area contributed by atoms with Gasteiger partial charge in [-0.2, -0.15) is 13.2 Å². The Labute approximate surface area is 98.6 Å². The van der Waals surface area contributed by atoms with Gasteiger partial charge < -0.3 is 10.4 Å². The lowest BCUT2D eigenvalue weighted by atomic mass is 9.92. The summed E-state index contributed by atoms with van der Waals surface area (Å²) >= 11 is 3.02. The normalized spacial score (nSPS) is 20.6. The molecule has 0 aromatic heterocycles. The Hall–Kier alpha value is -0.750. The summed E-state index contributed by atoms with van der Waals surface area (Å²) in [6.45, 7) is 0.675. The third-order valence-corrected chi connectivity index (χ3v) is 3.29. The van der Waals surface area contributed by atoms with Crippen LogP contribution in [0.25, 0.3) is 0 Å². The highest BCUT2D eigenvalue weighted by atomic mass is 79.9. The van der Waals surface area contributed by atoms with Crippen molar-refractivity contribution in [3.05, 3.63) is 27.7 Å². The number of alkyl halides is 3. The van der Waals surface area contributed by atoms with Gasteiger partial charge in [0.25, 0.3) is 0 Å². The fraction of sp³-hybridized carbons (Fsp3) is 0.400. The number of benzene rings is 1. The molecule has 2 N–H and O–H groups in total. The Balaban J connectivity index is 2.55. The van der Waals surface area contributed by atoms with Gasteiger partial charge in [0.1, 0.15) is 5.75 Å². The molecule has 0 saturated carbocycles. The van der Waals surface area contributed by atoms with E-state index in [4.69, 9.17) is 0 Å². The summed E-state index contributed by atoms with van der Waals surface area (Å²) in [5.41, 5.74) is -0.835. The van der Waals surface area contributed by atoms with Crippen LogP contribution in [0.4, 0.5) is 13.2 Å². The standard InChI is InChI=1S/C10H9BrF3NO/c11-6-2-1-5(10(12,13)14)8(9(6)16)7-3-4-15-7/h1-2,7,15-16H,3-4H2/t7-/m1/s1. The van der Waals surface area contributed by atoms with Gasteiger partial charge >= 0.3 is 6.18 Å². The summed E-state index contributed by atoms with van der Waals surface area (Å²) in [6.07, 6.45) is -3.84. The second kappa shape index (κ2) is 3.92. The summed E-state index contributed by atoms with van der Waals surface area (Å²) in [4.78, 5) is 0. The van der Waals surface area contributed by atoms with Crippen LogP contribution < -0.4 is 5.32 Å². The number of hydrogen-bond acceptors (Lipinski definition) is 2. The van der Waals surface area contributed by atoms with Crippen molar-refractivity contribution in [2.45, 2.75) is 18.6 Å². The van der Waals surface area contributed by atoms with E-state index in [9.17, 15) is 18.3 Å². The minimum absolute atomic E-state index is 0.0619. The Morgan fingerprint density at radius 1 is 1.38 bits per heavy atom. The van der Waals surface area contributed by atoms with Gasteiger partial charge in [-0.25, -0.2) is 0 Å².